The third kappa shape index (κ3) is 16.9. The first kappa shape index (κ1) is 56.9. The van der Waals surface area contributed by atoms with Crippen LogP contribution in [0.3, 0.4) is 0 Å². The Morgan fingerprint density at radius 2 is 1.44 bits per heavy atom. The Bertz CT molecular complexity index is 1990. The van der Waals surface area contributed by atoms with Gasteiger partial charge in [-0.2, -0.15) is 0 Å². The molecule has 2 aliphatic heterocycles. The van der Waals surface area contributed by atoms with Crippen molar-refractivity contribution < 1.29 is 53.1 Å². The number of carbonyl (C=O) groups is 10. The molecule has 2 saturated heterocycles. The maximum Gasteiger partial charge on any atom is 0.246 e. The number of aliphatic hydroxyl groups excluding tert-OH is 1. The number of rotatable bonds is 15. The van der Waals surface area contributed by atoms with Crippen molar-refractivity contribution >= 4 is 80.7 Å². The quantitative estimate of drug-likeness (QED) is 0.0816. The molecule has 2 heterocycles. The third-order valence-corrected chi connectivity index (χ3v) is 14.9. The molecule has 0 radical (unpaired) electrons. The number of nitrogens with two attached hydrogens (primary N) is 3. The van der Waals surface area contributed by atoms with E-state index in [1.807, 2.05) is 13.8 Å². The largest absolute Gasteiger partial charge is 0.391 e. The van der Waals surface area contributed by atoms with Crippen molar-refractivity contribution in [1.82, 2.24) is 42.1 Å². The zero-order valence-electron chi connectivity index (χ0n) is 39.6. The van der Waals surface area contributed by atoms with E-state index in [-0.39, 0.29) is 37.5 Å². The molecule has 2 aliphatic rings. The van der Waals surface area contributed by atoms with E-state index in [1.54, 1.807) is 58.0 Å². The summed E-state index contributed by atoms with van der Waals surface area (Å²) in [6.45, 7) is 11.2. The van der Waals surface area contributed by atoms with Crippen LogP contribution in [0, 0.1) is 11.8 Å². The normalized spacial score (nSPS) is 25.8. The lowest BCUT2D eigenvalue weighted by Crippen LogP contribution is -2.63. The van der Waals surface area contributed by atoms with Crippen molar-refractivity contribution in [3.8, 4) is 0 Å². The molecule has 0 bridgehead atoms. The minimum absolute atomic E-state index is 0.00212. The maximum atomic E-state index is 14.6. The zero-order chi connectivity index (χ0) is 51.0. The summed E-state index contributed by atoms with van der Waals surface area (Å²) in [5.41, 5.74) is 18.0. The molecule has 14 N–H and O–H groups in total. The average Bonchev–Trinajstić information content (AvgIpc) is 3.77. The summed E-state index contributed by atoms with van der Waals surface area (Å²) in [5.74, 6) is -9.24. The van der Waals surface area contributed by atoms with Gasteiger partial charge in [0.15, 0.2) is 0 Å². The van der Waals surface area contributed by atoms with Crippen LogP contribution in [0.2, 0.25) is 0 Å². The monoisotopic (exact) mass is 991 g/mol. The van der Waals surface area contributed by atoms with Crippen molar-refractivity contribution in [1.29, 1.82) is 0 Å². The predicted molar refractivity (Wildman–Crippen MR) is 255 cm³/mol. The Kier molecular flexibility index (Phi) is 22.0. The van der Waals surface area contributed by atoms with Crippen LogP contribution in [0.25, 0.3) is 0 Å². The molecule has 0 aliphatic carbocycles. The van der Waals surface area contributed by atoms with Crippen molar-refractivity contribution in [2.24, 2.45) is 29.0 Å². The van der Waals surface area contributed by atoms with E-state index in [0.717, 1.165) is 21.6 Å². The van der Waals surface area contributed by atoms with Gasteiger partial charge in [0.05, 0.1) is 25.1 Å². The summed E-state index contributed by atoms with van der Waals surface area (Å²) in [6.07, 6.45) is -1.27. The van der Waals surface area contributed by atoms with Crippen LogP contribution in [-0.2, 0) is 54.4 Å². The van der Waals surface area contributed by atoms with Gasteiger partial charge in [-0.25, -0.2) is 0 Å². The topological polar surface area (TPSA) is 356 Å². The van der Waals surface area contributed by atoms with Crippen LogP contribution < -0.4 is 54.4 Å². The van der Waals surface area contributed by atoms with E-state index in [9.17, 15) is 53.1 Å². The highest BCUT2D eigenvalue weighted by atomic mass is 33.1. The lowest BCUT2D eigenvalue weighted by molar-refractivity contribution is -0.142. The number of likely N-dealkylation sites (tertiary alicyclic amines) is 1. The fourth-order valence-corrected chi connectivity index (χ4v) is 10.2. The highest BCUT2D eigenvalue weighted by molar-refractivity contribution is 8.77. The SMILES string of the molecule is CC[C@H](C)C1NC(=O)[C@H](Cc2ccccc2)NC(=O)[C@H](N)C(C)(C)SSC[C@@H](C(=O)N2CCC[C@H]2C(=O)N[C@@H](CC(C)C)C(=O)NCC(N)=O)NC(=O)[C@H](CC(N)=O)NC(=O)[C@H]([C@@H](C)O)NC1=O. The van der Waals surface area contributed by atoms with Gasteiger partial charge < -0.3 is 64.4 Å². The minimum atomic E-state index is -1.75. The van der Waals surface area contributed by atoms with Crippen molar-refractivity contribution in [2.45, 2.75) is 146 Å². The van der Waals surface area contributed by atoms with Crippen LogP contribution in [-0.4, -0.2) is 147 Å². The van der Waals surface area contributed by atoms with Crippen LogP contribution in [0.15, 0.2) is 30.3 Å². The molecule has 0 spiro atoms. The number of amides is 10. The molecule has 1 aromatic rings. The number of nitrogens with zero attached hydrogens (tertiary/aromatic N) is 1. The molecule has 24 heteroatoms. The second-order valence-electron chi connectivity index (χ2n) is 18.2. The Labute approximate surface area is 404 Å². The second-order valence-corrected chi connectivity index (χ2v) is 21.2. The zero-order valence-corrected chi connectivity index (χ0v) is 41.3. The number of nitrogens with one attached hydrogen (secondary N) is 7. The Balaban J connectivity index is 2.08. The molecule has 3 rings (SSSR count). The molecule has 1 aromatic carbocycles. The van der Waals surface area contributed by atoms with Crippen LogP contribution in [0.5, 0.6) is 0 Å². The van der Waals surface area contributed by atoms with Crippen LogP contribution in [0.4, 0.5) is 0 Å². The third-order valence-electron chi connectivity index (χ3n) is 11.6. The van der Waals surface area contributed by atoms with Crippen molar-refractivity contribution in [2.75, 3.05) is 18.8 Å². The Morgan fingerprint density at radius 3 is 2.03 bits per heavy atom. The maximum absolute atomic E-state index is 14.6. The number of hydrogen-bond acceptors (Lipinski definition) is 14. The van der Waals surface area contributed by atoms with Crippen molar-refractivity contribution in [3.63, 3.8) is 0 Å². The number of hydrogen-bond donors (Lipinski definition) is 11. The summed E-state index contributed by atoms with van der Waals surface area (Å²) in [6, 6.07) is -2.15. The van der Waals surface area contributed by atoms with E-state index in [1.165, 1.54) is 11.8 Å². The van der Waals surface area contributed by atoms with E-state index < -0.39 is 137 Å². The Hall–Kier alpha value is -5.46. The van der Waals surface area contributed by atoms with E-state index in [2.05, 4.69) is 37.2 Å². The standard InChI is InChI=1S/C44H69N11O11S2/c1-8-23(4)33-40(63)54-34(24(5)56)41(64)50-28(19-31(45)57)37(60)52-29(43(66)55-16-12-15-30(55)39(62)49-26(17-22(2)3)36(59)48-20-32(46)58)21-67-68-44(6,7)35(47)42(65)51-27(38(61)53-33)18-25-13-10-9-11-14-25/h9-11,13-14,22-24,26-30,33-35,56H,8,12,15-21,47H2,1-7H3,(H2,45,57)(H2,46,58)(H,48,59)(H,49,62)(H,50,64)(H,51,65)(H,52,60)(H,53,61)(H,54,63)/t23-,24+,26-,27-,28-,29-,30-,33?,34-,35-/m0/s1. The molecular weight excluding hydrogens is 923 g/mol. The van der Waals surface area contributed by atoms with Gasteiger partial charge in [0.1, 0.15) is 42.3 Å². The molecule has 2 fully saturated rings. The highest BCUT2D eigenvalue weighted by Gasteiger charge is 2.42. The molecule has 10 atom stereocenters. The predicted octanol–water partition coefficient (Wildman–Crippen LogP) is -2.42. The van der Waals surface area contributed by atoms with E-state index >= 15 is 0 Å². The Morgan fingerprint density at radius 1 is 0.838 bits per heavy atom. The summed E-state index contributed by atoms with van der Waals surface area (Å²) in [5, 5.41) is 28.7. The molecule has 10 amide bonds. The summed E-state index contributed by atoms with van der Waals surface area (Å²) < 4.78 is -1.12. The first-order chi connectivity index (χ1) is 31.9. The number of carbonyl (C=O) groups excluding carboxylic acids is 10. The first-order valence-electron chi connectivity index (χ1n) is 22.6. The molecule has 68 heavy (non-hydrogen) atoms. The van der Waals surface area contributed by atoms with Gasteiger partial charge in [-0.05, 0) is 57.4 Å². The van der Waals surface area contributed by atoms with Gasteiger partial charge in [0.25, 0.3) is 0 Å². The van der Waals surface area contributed by atoms with E-state index in [4.69, 9.17) is 17.2 Å². The minimum Gasteiger partial charge on any atom is -0.391 e. The number of primary amides is 2. The van der Waals surface area contributed by atoms with Crippen LogP contribution in [0.1, 0.15) is 86.1 Å². The molecular formula is C44H69N11O11S2. The summed E-state index contributed by atoms with van der Waals surface area (Å²) in [4.78, 5) is 137. The molecule has 1 unspecified atom stereocenters. The van der Waals surface area contributed by atoms with E-state index in [0.29, 0.717) is 18.4 Å². The number of benzene rings is 1. The highest BCUT2D eigenvalue weighted by Crippen LogP contribution is 2.38. The van der Waals surface area contributed by atoms with Gasteiger partial charge in [0, 0.05) is 23.5 Å². The second kappa shape index (κ2) is 26.3. The summed E-state index contributed by atoms with van der Waals surface area (Å²) >= 11 is 0. The average molecular weight is 992 g/mol. The summed E-state index contributed by atoms with van der Waals surface area (Å²) in [7, 11) is 2.14. The van der Waals surface area contributed by atoms with Gasteiger partial charge >= 0.3 is 0 Å². The fraction of sp³-hybridized carbons (Fsp3) is 0.636. The number of aliphatic hydroxyl groups is 1. The smallest absolute Gasteiger partial charge is 0.246 e. The molecule has 378 valence electrons. The molecule has 22 nitrogen and oxygen atoms in total. The van der Waals surface area contributed by atoms with Gasteiger partial charge in [-0.3, -0.25) is 47.9 Å². The lowest BCUT2D eigenvalue weighted by Gasteiger charge is -2.33. The van der Waals surface area contributed by atoms with Gasteiger partial charge in [0.2, 0.25) is 59.1 Å². The molecule has 0 saturated carbocycles. The van der Waals surface area contributed by atoms with Crippen molar-refractivity contribution in [3.05, 3.63) is 35.9 Å². The van der Waals surface area contributed by atoms with Crippen LogP contribution >= 0.6 is 21.6 Å². The lowest BCUT2D eigenvalue weighted by atomic mass is 9.96. The van der Waals surface area contributed by atoms with Gasteiger partial charge in [-0.1, -0.05) is 86.0 Å². The molecule has 0 aromatic heterocycles. The first-order valence-corrected chi connectivity index (χ1v) is 24.9. The fourth-order valence-electron chi connectivity index (χ4n) is 7.44. The van der Waals surface area contributed by atoms with Gasteiger partial charge in [-0.15, -0.1) is 0 Å².